The Morgan fingerprint density at radius 3 is 1.59 bits per heavy atom. The fourth-order valence-electron chi connectivity index (χ4n) is 4.15. The Balaban J connectivity index is 1.86. The van der Waals surface area contributed by atoms with E-state index in [1.165, 1.54) is 14.0 Å². The largest absolute Gasteiger partial charge is 0.394 e. The molecule has 9 N–H and O–H groups in total. The molecule has 0 aromatic carbocycles. The Morgan fingerprint density at radius 2 is 1.03 bits per heavy atom. The van der Waals surface area contributed by atoms with E-state index in [1.807, 2.05) is 0 Å². The van der Waals surface area contributed by atoms with Crippen molar-refractivity contribution in [3.05, 3.63) is 0 Å². The molecule has 0 spiro atoms. The van der Waals surface area contributed by atoms with E-state index in [2.05, 4.69) is 0 Å². The molecule has 3 rings (SSSR count). The van der Waals surface area contributed by atoms with Crippen LogP contribution in [-0.4, -0.2) is 158 Å². The average molecular weight is 502 g/mol. The van der Waals surface area contributed by atoms with Gasteiger partial charge in [-0.2, -0.15) is 0 Å². The summed E-state index contributed by atoms with van der Waals surface area (Å²) in [6.45, 7) is 0.0356. The first kappa shape index (κ1) is 28.0. The summed E-state index contributed by atoms with van der Waals surface area (Å²) >= 11 is 0. The fraction of sp³-hybridized carbons (Fsp3) is 1.00. The molecule has 0 amide bonds. The van der Waals surface area contributed by atoms with Crippen LogP contribution in [0.15, 0.2) is 0 Å². The lowest BCUT2D eigenvalue weighted by Gasteiger charge is -2.48. The summed E-state index contributed by atoms with van der Waals surface area (Å²) in [5.74, 6) is 0. The van der Waals surface area contributed by atoms with E-state index in [0.29, 0.717) is 0 Å². The Labute approximate surface area is 194 Å². The number of methoxy groups -OCH3 is 1. The first-order valence-electron chi connectivity index (χ1n) is 10.8. The predicted molar refractivity (Wildman–Crippen MR) is 105 cm³/mol. The molecule has 3 fully saturated rings. The Bertz CT molecular complexity index is 639. The SMILES string of the molecule is COC1OC(CO)C(O)C(OC2OC(CO)C(O)C(O)C2O)C1OC1OC(C)C(O)C(O)C1O. The van der Waals surface area contributed by atoms with Crippen LogP contribution in [0.5, 0.6) is 0 Å². The lowest BCUT2D eigenvalue weighted by atomic mass is 9.96. The molecule has 15 heteroatoms. The molecule has 0 aliphatic carbocycles. The number of rotatable bonds is 7. The monoisotopic (exact) mass is 502 g/mol. The topological polar surface area (TPSA) is 237 Å². The van der Waals surface area contributed by atoms with Crippen molar-refractivity contribution in [3.63, 3.8) is 0 Å². The van der Waals surface area contributed by atoms with Crippen LogP contribution in [0, 0.1) is 0 Å². The number of aliphatic hydroxyl groups excluding tert-OH is 9. The molecule has 15 atom stereocenters. The lowest BCUT2D eigenvalue weighted by molar-refractivity contribution is -0.388. The van der Waals surface area contributed by atoms with Gasteiger partial charge in [0.1, 0.15) is 67.1 Å². The Kier molecular flexibility index (Phi) is 9.57. The van der Waals surface area contributed by atoms with Gasteiger partial charge >= 0.3 is 0 Å². The van der Waals surface area contributed by atoms with Crippen LogP contribution in [0.3, 0.4) is 0 Å². The minimum absolute atomic E-state index is 0.674. The van der Waals surface area contributed by atoms with E-state index in [-0.39, 0.29) is 0 Å². The van der Waals surface area contributed by atoms with Gasteiger partial charge < -0.3 is 74.4 Å². The molecule has 15 nitrogen and oxygen atoms in total. The van der Waals surface area contributed by atoms with Crippen molar-refractivity contribution in [2.24, 2.45) is 0 Å². The van der Waals surface area contributed by atoms with Crippen LogP contribution in [-0.2, 0) is 28.4 Å². The van der Waals surface area contributed by atoms with E-state index >= 15 is 0 Å². The molecule has 3 heterocycles. The zero-order valence-electron chi connectivity index (χ0n) is 18.5. The molecule has 0 bridgehead atoms. The molecule has 3 aliphatic rings. The van der Waals surface area contributed by atoms with Crippen LogP contribution in [0.4, 0.5) is 0 Å². The highest BCUT2D eigenvalue weighted by atomic mass is 16.8. The second-order valence-corrected chi connectivity index (χ2v) is 8.53. The third-order valence-corrected chi connectivity index (χ3v) is 6.27. The first-order valence-corrected chi connectivity index (χ1v) is 10.8. The lowest BCUT2D eigenvalue weighted by Crippen LogP contribution is -2.66. The summed E-state index contributed by atoms with van der Waals surface area (Å²) in [5, 5.41) is 90.4. The number of ether oxygens (including phenoxy) is 6. The molecule has 15 unspecified atom stereocenters. The smallest absolute Gasteiger partial charge is 0.187 e. The second kappa shape index (κ2) is 11.6. The van der Waals surface area contributed by atoms with E-state index in [9.17, 15) is 46.0 Å². The molecular weight excluding hydrogens is 468 g/mol. The number of aliphatic hydroxyl groups is 9. The summed E-state index contributed by atoms with van der Waals surface area (Å²) in [4.78, 5) is 0. The first-order chi connectivity index (χ1) is 16.0. The molecule has 0 aromatic heterocycles. The maximum atomic E-state index is 10.8. The molecule has 0 aromatic rings. The van der Waals surface area contributed by atoms with Gasteiger partial charge in [0, 0.05) is 7.11 Å². The fourth-order valence-corrected chi connectivity index (χ4v) is 4.15. The minimum Gasteiger partial charge on any atom is -0.394 e. The molecular formula is C19H34O15. The molecule has 200 valence electrons. The normalized spacial score (nSPS) is 52.5. The average Bonchev–Trinajstić information content (AvgIpc) is 2.83. The summed E-state index contributed by atoms with van der Waals surface area (Å²) in [7, 11) is 1.22. The zero-order valence-corrected chi connectivity index (χ0v) is 18.5. The van der Waals surface area contributed by atoms with Crippen molar-refractivity contribution in [1.82, 2.24) is 0 Å². The van der Waals surface area contributed by atoms with Crippen LogP contribution >= 0.6 is 0 Å². The van der Waals surface area contributed by atoms with Crippen LogP contribution in [0.25, 0.3) is 0 Å². The summed E-state index contributed by atoms with van der Waals surface area (Å²) in [6.07, 6.45) is -22.6. The van der Waals surface area contributed by atoms with Gasteiger partial charge in [-0.15, -0.1) is 0 Å². The van der Waals surface area contributed by atoms with Crippen molar-refractivity contribution in [2.45, 2.75) is 99.0 Å². The van der Waals surface area contributed by atoms with Gasteiger partial charge in [-0.25, -0.2) is 0 Å². The van der Waals surface area contributed by atoms with Gasteiger partial charge in [-0.3, -0.25) is 0 Å². The van der Waals surface area contributed by atoms with Gasteiger partial charge in [0.15, 0.2) is 18.9 Å². The molecule has 34 heavy (non-hydrogen) atoms. The predicted octanol–water partition coefficient (Wildman–Crippen LogP) is -5.89. The maximum absolute atomic E-state index is 10.8. The Morgan fingerprint density at radius 1 is 0.559 bits per heavy atom. The number of hydrogen-bond acceptors (Lipinski definition) is 15. The standard InChI is InChI=1S/C19H34O15/c1-5-8(22)11(25)13(27)17(30-5)34-16-15(10(24)7(4-21)32-19(16)29-2)33-18-14(28)12(26)9(23)6(3-20)31-18/h5-28H,3-4H2,1-2H3. The molecule has 0 saturated carbocycles. The third-order valence-electron chi connectivity index (χ3n) is 6.27. The van der Waals surface area contributed by atoms with Crippen molar-refractivity contribution in [3.8, 4) is 0 Å². The highest BCUT2D eigenvalue weighted by molar-refractivity contribution is 4.96. The zero-order chi connectivity index (χ0) is 25.3. The number of hydrogen-bond donors (Lipinski definition) is 9. The quantitative estimate of drug-likeness (QED) is 0.157. The summed E-state index contributed by atoms with van der Waals surface area (Å²) in [5.41, 5.74) is 0. The van der Waals surface area contributed by atoms with Gasteiger partial charge in [0.05, 0.1) is 19.3 Å². The van der Waals surface area contributed by atoms with Gasteiger partial charge in [-0.1, -0.05) is 0 Å². The van der Waals surface area contributed by atoms with Crippen LogP contribution < -0.4 is 0 Å². The Hall–Kier alpha value is -0.600. The van der Waals surface area contributed by atoms with E-state index < -0.39 is 105 Å². The van der Waals surface area contributed by atoms with E-state index in [0.717, 1.165) is 0 Å². The molecule has 3 saturated heterocycles. The van der Waals surface area contributed by atoms with Crippen LogP contribution in [0.1, 0.15) is 6.92 Å². The summed E-state index contributed by atoms with van der Waals surface area (Å²) < 4.78 is 32.9. The van der Waals surface area contributed by atoms with Gasteiger partial charge in [-0.05, 0) is 6.92 Å². The van der Waals surface area contributed by atoms with Crippen molar-refractivity contribution >= 4 is 0 Å². The summed E-state index contributed by atoms with van der Waals surface area (Å²) in [6, 6.07) is 0. The van der Waals surface area contributed by atoms with E-state index in [1.54, 1.807) is 0 Å². The van der Waals surface area contributed by atoms with E-state index in [4.69, 9.17) is 28.4 Å². The van der Waals surface area contributed by atoms with Gasteiger partial charge in [0.25, 0.3) is 0 Å². The second-order valence-electron chi connectivity index (χ2n) is 8.53. The van der Waals surface area contributed by atoms with Gasteiger partial charge in [0.2, 0.25) is 0 Å². The molecule has 0 radical (unpaired) electrons. The molecule has 3 aliphatic heterocycles. The third kappa shape index (κ3) is 5.39. The maximum Gasteiger partial charge on any atom is 0.187 e. The highest BCUT2D eigenvalue weighted by Crippen LogP contribution is 2.33. The van der Waals surface area contributed by atoms with Crippen molar-refractivity contribution in [2.75, 3.05) is 20.3 Å². The van der Waals surface area contributed by atoms with Crippen molar-refractivity contribution in [1.29, 1.82) is 0 Å². The minimum atomic E-state index is -1.81. The van der Waals surface area contributed by atoms with Crippen molar-refractivity contribution < 1.29 is 74.4 Å². The highest BCUT2D eigenvalue weighted by Gasteiger charge is 2.54. The van der Waals surface area contributed by atoms with Crippen LogP contribution in [0.2, 0.25) is 0 Å².